The summed E-state index contributed by atoms with van der Waals surface area (Å²) in [6, 6.07) is 0. The molecule has 10 unspecified atom stereocenters. The molecule has 0 amide bonds. The lowest BCUT2D eigenvalue weighted by Crippen LogP contribution is -2.69. The fourth-order valence-corrected chi connectivity index (χ4v) is 11.4. The number of carbonyl (C=O) groups excluding carboxylic acids is 1. The standard InChI is InChI=1S/C35H56O5/c1-10-21(2)29(39)40-28-19-30(3,4)17-23-22-11-12-25-32(7)15-14-26(37)31(5,6)24(32)13-16-33(25,8)34(22,9)18-27(38)35(23,28)20-36/h10-11,23-28,36-38H,12-20H2,1-9H3. The van der Waals surface area contributed by atoms with Crippen molar-refractivity contribution in [3.63, 3.8) is 0 Å². The van der Waals surface area contributed by atoms with Gasteiger partial charge in [-0.05, 0) is 110 Å². The van der Waals surface area contributed by atoms with E-state index in [1.807, 2.05) is 6.92 Å². The highest BCUT2D eigenvalue weighted by Gasteiger charge is 2.71. The van der Waals surface area contributed by atoms with Crippen molar-refractivity contribution in [2.24, 2.45) is 50.2 Å². The number of rotatable bonds is 3. The molecule has 0 aromatic rings. The van der Waals surface area contributed by atoms with Gasteiger partial charge in [-0.25, -0.2) is 4.79 Å². The summed E-state index contributed by atoms with van der Waals surface area (Å²) in [5.74, 6) is 0.537. The van der Waals surface area contributed by atoms with Crippen LogP contribution in [0.3, 0.4) is 0 Å². The van der Waals surface area contributed by atoms with Crippen LogP contribution in [0.5, 0.6) is 0 Å². The average molecular weight is 557 g/mol. The molecule has 0 radical (unpaired) electrons. The molecule has 40 heavy (non-hydrogen) atoms. The summed E-state index contributed by atoms with van der Waals surface area (Å²) in [5.41, 5.74) is 0.763. The van der Waals surface area contributed by atoms with Crippen LogP contribution in [-0.4, -0.2) is 46.2 Å². The third-order valence-corrected chi connectivity index (χ3v) is 14.1. The minimum atomic E-state index is -0.897. The van der Waals surface area contributed by atoms with E-state index in [9.17, 15) is 20.1 Å². The van der Waals surface area contributed by atoms with Crippen LogP contribution in [0.4, 0.5) is 0 Å². The van der Waals surface area contributed by atoms with Crippen molar-refractivity contribution in [1.82, 2.24) is 0 Å². The van der Waals surface area contributed by atoms with Gasteiger partial charge in [0, 0.05) is 5.57 Å². The van der Waals surface area contributed by atoms with Crippen molar-refractivity contribution >= 4 is 5.97 Å². The molecule has 0 aromatic carbocycles. The quantitative estimate of drug-likeness (QED) is 0.207. The van der Waals surface area contributed by atoms with Crippen molar-refractivity contribution in [3.05, 3.63) is 23.3 Å². The lowest BCUT2D eigenvalue weighted by molar-refractivity contribution is -0.239. The zero-order valence-corrected chi connectivity index (χ0v) is 26.6. The molecule has 3 N–H and O–H groups in total. The summed E-state index contributed by atoms with van der Waals surface area (Å²) in [6.45, 7) is 19.8. The van der Waals surface area contributed by atoms with Gasteiger partial charge < -0.3 is 20.1 Å². The van der Waals surface area contributed by atoms with Crippen LogP contribution in [0.1, 0.15) is 114 Å². The molecule has 10 atom stereocenters. The molecule has 5 nitrogen and oxygen atoms in total. The van der Waals surface area contributed by atoms with Crippen LogP contribution < -0.4 is 0 Å². The summed E-state index contributed by atoms with van der Waals surface area (Å²) < 4.78 is 6.20. The number of allylic oxidation sites excluding steroid dienone is 3. The topological polar surface area (TPSA) is 87.0 Å². The Bertz CT molecular complexity index is 1100. The molecule has 0 bridgehead atoms. The summed E-state index contributed by atoms with van der Waals surface area (Å²) in [4.78, 5) is 13.0. The van der Waals surface area contributed by atoms with Gasteiger partial charge in [-0.3, -0.25) is 0 Å². The molecular weight excluding hydrogens is 500 g/mol. The van der Waals surface area contributed by atoms with Crippen LogP contribution in [0.15, 0.2) is 23.3 Å². The van der Waals surface area contributed by atoms with E-state index >= 15 is 0 Å². The Hall–Kier alpha value is -1.17. The Morgan fingerprint density at radius 1 is 0.975 bits per heavy atom. The zero-order valence-electron chi connectivity index (χ0n) is 26.6. The number of hydrogen-bond acceptors (Lipinski definition) is 5. The van der Waals surface area contributed by atoms with E-state index in [2.05, 4.69) is 54.5 Å². The van der Waals surface area contributed by atoms with Crippen molar-refractivity contribution in [2.75, 3.05) is 6.61 Å². The van der Waals surface area contributed by atoms with Crippen molar-refractivity contribution in [3.8, 4) is 0 Å². The minimum absolute atomic E-state index is 0.00139. The predicted molar refractivity (Wildman–Crippen MR) is 158 cm³/mol. The first-order chi connectivity index (χ1) is 18.4. The van der Waals surface area contributed by atoms with Gasteiger partial charge in [-0.1, -0.05) is 66.2 Å². The maximum atomic E-state index is 13.0. The van der Waals surface area contributed by atoms with Gasteiger partial charge in [-0.2, -0.15) is 0 Å². The summed E-state index contributed by atoms with van der Waals surface area (Å²) in [7, 11) is 0. The van der Waals surface area contributed by atoms with Gasteiger partial charge >= 0.3 is 5.97 Å². The van der Waals surface area contributed by atoms with Gasteiger partial charge in [0.2, 0.25) is 0 Å². The van der Waals surface area contributed by atoms with Crippen LogP contribution in [0, 0.1) is 50.2 Å². The largest absolute Gasteiger partial charge is 0.458 e. The molecule has 5 rings (SSSR count). The first-order valence-electron chi connectivity index (χ1n) is 16.0. The molecule has 226 valence electrons. The highest BCUT2D eigenvalue weighted by atomic mass is 16.5. The van der Waals surface area contributed by atoms with Crippen LogP contribution in [0.2, 0.25) is 0 Å². The zero-order chi connectivity index (χ0) is 29.7. The van der Waals surface area contributed by atoms with Crippen LogP contribution >= 0.6 is 0 Å². The van der Waals surface area contributed by atoms with E-state index in [4.69, 9.17) is 4.74 Å². The molecule has 0 aliphatic heterocycles. The monoisotopic (exact) mass is 556 g/mol. The van der Waals surface area contributed by atoms with Crippen LogP contribution in [0.25, 0.3) is 0 Å². The Kier molecular flexibility index (Phi) is 7.13. The van der Waals surface area contributed by atoms with E-state index in [0.717, 1.165) is 38.5 Å². The number of ether oxygens (including phenoxy) is 1. The molecule has 5 aliphatic rings. The smallest absolute Gasteiger partial charge is 0.333 e. The number of fused-ring (bicyclic) bond motifs is 7. The molecule has 0 saturated heterocycles. The molecule has 4 fully saturated rings. The van der Waals surface area contributed by atoms with E-state index in [1.54, 1.807) is 13.0 Å². The second kappa shape index (κ2) is 9.41. The number of aliphatic hydroxyl groups excluding tert-OH is 3. The van der Waals surface area contributed by atoms with E-state index in [-0.39, 0.29) is 51.7 Å². The van der Waals surface area contributed by atoms with Gasteiger partial charge in [0.05, 0.1) is 24.2 Å². The summed E-state index contributed by atoms with van der Waals surface area (Å²) >= 11 is 0. The first kappa shape index (κ1) is 30.3. The Balaban J connectivity index is 1.60. The Morgan fingerprint density at radius 3 is 2.27 bits per heavy atom. The number of aliphatic hydroxyl groups is 3. The predicted octanol–water partition coefficient (Wildman–Crippen LogP) is 6.60. The van der Waals surface area contributed by atoms with Crippen molar-refractivity contribution in [2.45, 2.75) is 132 Å². The Labute approximate surface area is 242 Å². The van der Waals surface area contributed by atoms with Crippen molar-refractivity contribution < 1.29 is 24.9 Å². The first-order valence-corrected chi connectivity index (χ1v) is 16.0. The molecule has 0 spiro atoms. The lowest BCUT2D eigenvalue weighted by Gasteiger charge is -2.72. The fraction of sp³-hybridized carbons (Fsp3) is 0.857. The second-order valence-electron chi connectivity index (χ2n) is 16.7. The highest BCUT2D eigenvalue weighted by molar-refractivity contribution is 5.87. The molecule has 5 heteroatoms. The van der Waals surface area contributed by atoms with E-state index in [1.165, 1.54) is 5.57 Å². The van der Waals surface area contributed by atoms with Gasteiger partial charge in [0.15, 0.2) is 0 Å². The van der Waals surface area contributed by atoms with Crippen molar-refractivity contribution in [1.29, 1.82) is 0 Å². The fourth-order valence-electron chi connectivity index (χ4n) is 11.4. The maximum absolute atomic E-state index is 13.0. The number of carbonyl (C=O) groups is 1. The molecule has 0 heterocycles. The van der Waals surface area contributed by atoms with Gasteiger partial charge in [0.1, 0.15) is 6.10 Å². The summed E-state index contributed by atoms with van der Waals surface area (Å²) in [5, 5.41) is 34.3. The molecule has 0 aromatic heterocycles. The molecule has 4 saturated carbocycles. The maximum Gasteiger partial charge on any atom is 0.333 e. The van der Waals surface area contributed by atoms with E-state index < -0.39 is 17.6 Å². The third-order valence-electron chi connectivity index (χ3n) is 14.1. The van der Waals surface area contributed by atoms with Gasteiger partial charge in [-0.15, -0.1) is 0 Å². The van der Waals surface area contributed by atoms with E-state index in [0.29, 0.717) is 30.3 Å². The number of hydrogen-bond donors (Lipinski definition) is 3. The lowest BCUT2D eigenvalue weighted by atomic mass is 9.33. The molecular formula is C35H56O5. The average Bonchev–Trinajstić information content (AvgIpc) is 2.86. The number of esters is 1. The normalized spacial score (nSPS) is 49.5. The highest BCUT2D eigenvalue weighted by Crippen LogP contribution is 2.75. The Morgan fingerprint density at radius 2 is 1.65 bits per heavy atom. The summed E-state index contributed by atoms with van der Waals surface area (Å²) in [6.07, 6.45) is 9.83. The molecule has 5 aliphatic carbocycles. The third kappa shape index (κ3) is 3.85. The second-order valence-corrected chi connectivity index (χ2v) is 16.7. The van der Waals surface area contributed by atoms with Gasteiger partial charge in [0.25, 0.3) is 0 Å². The SMILES string of the molecule is CC=C(C)C(=O)OC1CC(C)(C)CC2C3=CCC4C5(C)CCC(O)C(C)(C)C5CCC4(C)C3(C)CC(O)C12CO. The minimum Gasteiger partial charge on any atom is -0.458 e. The van der Waals surface area contributed by atoms with Crippen LogP contribution in [-0.2, 0) is 9.53 Å².